The lowest BCUT2D eigenvalue weighted by atomic mass is 9.97. The van der Waals surface area contributed by atoms with Gasteiger partial charge in [-0.05, 0) is 11.6 Å². The van der Waals surface area contributed by atoms with Crippen molar-refractivity contribution in [1.29, 1.82) is 0 Å². The lowest BCUT2D eigenvalue weighted by Gasteiger charge is -2.28. The van der Waals surface area contributed by atoms with Gasteiger partial charge in [-0.3, -0.25) is 4.57 Å². The first-order chi connectivity index (χ1) is 16.9. The molecule has 3 atom stereocenters. The number of aromatic carboxylic acids is 1. The second kappa shape index (κ2) is 9.17. The second-order valence-electron chi connectivity index (χ2n) is 7.65. The van der Waals surface area contributed by atoms with E-state index >= 15 is 4.39 Å². The molecule has 0 saturated carbocycles. The number of fused-ring (bicyclic) bond motifs is 1. The van der Waals surface area contributed by atoms with Crippen LogP contribution in [0.1, 0.15) is 15.5 Å². The molecular weight excluding hydrogens is 531 g/mol. The maximum atomic E-state index is 15.9. The van der Waals surface area contributed by atoms with Gasteiger partial charge in [0.1, 0.15) is 24.3 Å². The van der Waals surface area contributed by atoms with Gasteiger partial charge in [-0.25, -0.2) is 28.7 Å². The van der Waals surface area contributed by atoms with Crippen LogP contribution in [0.4, 0.5) is 10.2 Å². The van der Waals surface area contributed by atoms with Crippen molar-refractivity contribution in [3.63, 3.8) is 0 Å². The number of ether oxygens (including phenoxy) is 2. The number of carboxylic acids is 3. The van der Waals surface area contributed by atoms with E-state index in [0.29, 0.717) is 11.3 Å². The second-order valence-corrected chi connectivity index (χ2v) is 8.85. The molecule has 3 aromatic heterocycles. The number of thiazole rings is 1. The number of rotatable bonds is 9. The van der Waals surface area contributed by atoms with Gasteiger partial charge in [-0.1, -0.05) is 0 Å². The number of nitrogen functional groups attached to an aromatic ring is 1. The third-order valence-corrected chi connectivity index (χ3v) is 6.50. The first kappa shape index (κ1) is 25.6. The molecule has 15 nitrogen and oxygen atoms in total. The fourth-order valence-electron chi connectivity index (χ4n) is 3.59. The summed E-state index contributed by atoms with van der Waals surface area (Å²) in [4.78, 5) is 50.1. The van der Waals surface area contributed by atoms with Crippen molar-refractivity contribution in [3.05, 3.63) is 27.7 Å². The van der Waals surface area contributed by atoms with Crippen LogP contribution in [0.3, 0.4) is 0 Å². The minimum atomic E-state index is -2.94. The highest BCUT2D eigenvalue weighted by atomic mass is 35.5. The Morgan fingerprint density at radius 1 is 1.31 bits per heavy atom. The van der Waals surface area contributed by atoms with Crippen LogP contribution in [0.2, 0.25) is 5.28 Å². The molecule has 0 unspecified atom stereocenters. The van der Waals surface area contributed by atoms with Gasteiger partial charge in [0.25, 0.3) is 5.60 Å². The maximum absolute atomic E-state index is 15.9. The smallest absolute Gasteiger partial charge is 0.365 e. The average Bonchev–Trinajstić information content (AvgIpc) is 3.50. The van der Waals surface area contributed by atoms with E-state index in [1.807, 2.05) is 0 Å². The van der Waals surface area contributed by atoms with Crippen molar-refractivity contribution in [2.75, 3.05) is 18.9 Å². The van der Waals surface area contributed by atoms with E-state index < -0.39 is 61.1 Å². The normalized spacial score (nSPS) is 22.2. The number of hydrogen-bond donors (Lipinski definition) is 5. The zero-order valence-corrected chi connectivity index (χ0v) is 19.3. The minimum Gasteiger partial charge on any atom is -0.479 e. The van der Waals surface area contributed by atoms with Gasteiger partial charge in [0, 0.05) is 11.8 Å². The molecular formula is C18H16ClFN6O9S. The van der Waals surface area contributed by atoms with Gasteiger partial charge in [-0.2, -0.15) is 9.97 Å². The lowest BCUT2D eigenvalue weighted by molar-refractivity contribution is -0.189. The summed E-state index contributed by atoms with van der Waals surface area (Å²) in [6.07, 6.45) is -3.39. The molecule has 0 aliphatic carbocycles. The van der Waals surface area contributed by atoms with E-state index in [1.165, 1.54) is 5.38 Å². The summed E-state index contributed by atoms with van der Waals surface area (Å²) in [5.41, 5.74) is 2.45. The summed E-state index contributed by atoms with van der Waals surface area (Å²) in [5.74, 6) is -8.07. The Hall–Kier alpha value is -3.51. The van der Waals surface area contributed by atoms with Gasteiger partial charge in [0.2, 0.25) is 16.1 Å². The van der Waals surface area contributed by atoms with Gasteiger partial charge in [0.05, 0.1) is 18.6 Å². The van der Waals surface area contributed by atoms with E-state index in [0.717, 1.165) is 10.9 Å². The number of aliphatic hydroxyl groups excluding tert-OH is 1. The average molecular weight is 547 g/mol. The van der Waals surface area contributed by atoms with Crippen molar-refractivity contribution in [3.8, 4) is 0 Å². The number of carbonyl (C=O) groups is 3. The fourth-order valence-corrected chi connectivity index (χ4v) is 4.41. The number of halogens is 2. The molecule has 192 valence electrons. The summed E-state index contributed by atoms with van der Waals surface area (Å²) in [5, 5.41) is 39.5. The predicted octanol–water partition coefficient (Wildman–Crippen LogP) is -0.234. The zero-order valence-electron chi connectivity index (χ0n) is 17.7. The number of nitrogens with zero attached hydrogens (tertiary/aromatic N) is 5. The molecule has 0 amide bonds. The Bertz CT molecular complexity index is 1350. The molecule has 0 spiro atoms. The van der Waals surface area contributed by atoms with E-state index in [-0.39, 0.29) is 33.0 Å². The van der Waals surface area contributed by atoms with Crippen molar-refractivity contribution in [2.45, 2.75) is 30.0 Å². The summed E-state index contributed by atoms with van der Waals surface area (Å²) < 4.78 is 27.2. The molecule has 4 heterocycles. The molecule has 18 heteroatoms. The van der Waals surface area contributed by atoms with Crippen LogP contribution in [-0.4, -0.2) is 93.9 Å². The minimum absolute atomic E-state index is 0.00286. The monoisotopic (exact) mass is 546 g/mol. The van der Waals surface area contributed by atoms with E-state index in [4.69, 9.17) is 31.9 Å². The summed E-state index contributed by atoms with van der Waals surface area (Å²) in [7, 11) is 0. The molecule has 0 aromatic carbocycles. The third kappa shape index (κ3) is 4.20. The van der Waals surface area contributed by atoms with Gasteiger partial charge < -0.3 is 35.6 Å². The van der Waals surface area contributed by atoms with Crippen molar-refractivity contribution >= 4 is 57.8 Å². The summed E-state index contributed by atoms with van der Waals surface area (Å²) >= 11 is 6.45. The molecule has 1 saturated heterocycles. The predicted molar refractivity (Wildman–Crippen MR) is 116 cm³/mol. The number of aliphatic carboxylic acids is 2. The van der Waals surface area contributed by atoms with E-state index in [2.05, 4.69) is 19.9 Å². The van der Waals surface area contributed by atoms with Crippen molar-refractivity contribution in [2.24, 2.45) is 0 Å². The van der Waals surface area contributed by atoms with E-state index in [1.54, 1.807) is 0 Å². The highest BCUT2D eigenvalue weighted by Crippen LogP contribution is 2.37. The molecule has 36 heavy (non-hydrogen) atoms. The standard InChI is InChI=1S/C18H16ClFN6O9S/c19-16-24-10(21)8-11(25-16)26(5-22-8)18(20)4-34-7(9(18)27)2-35-17(14(30)31,15(32)33)1-6-3-36-12(23-6)13(28)29/h3,5,7,9,27H,1-2,4H2,(H,28,29)(H,30,31)(H,32,33)(H2,21,24,25)/t7-,9-,18-/m1/s1. The van der Waals surface area contributed by atoms with Gasteiger partial charge >= 0.3 is 17.9 Å². The quantitative estimate of drug-likeness (QED) is 0.172. The number of aliphatic hydroxyl groups is 1. The number of hydrogen-bond acceptors (Lipinski definition) is 12. The van der Waals surface area contributed by atoms with Gasteiger partial charge in [-0.15, -0.1) is 11.3 Å². The third-order valence-electron chi connectivity index (χ3n) is 5.45. The van der Waals surface area contributed by atoms with Crippen LogP contribution in [0, 0.1) is 0 Å². The molecule has 1 fully saturated rings. The Morgan fingerprint density at radius 2 is 2.00 bits per heavy atom. The SMILES string of the molecule is Nc1nc(Cl)nc2c1ncn2[C@]1(F)CO[C@H](COC(Cc2csc(C(=O)O)n2)(C(=O)O)C(=O)O)[C@H]1O. The number of nitrogens with two attached hydrogens (primary N) is 1. The summed E-state index contributed by atoms with van der Waals surface area (Å²) in [6.45, 7) is -1.64. The zero-order chi connectivity index (χ0) is 26.4. The topological polar surface area (TPSA) is 233 Å². The summed E-state index contributed by atoms with van der Waals surface area (Å²) in [6, 6.07) is 0. The highest BCUT2D eigenvalue weighted by molar-refractivity contribution is 7.11. The molecule has 1 aliphatic rings. The maximum Gasteiger partial charge on any atom is 0.365 e. The molecule has 0 bridgehead atoms. The van der Waals surface area contributed by atoms with E-state index in [9.17, 15) is 29.7 Å². The van der Waals surface area contributed by atoms with Crippen LogP contribution < -0.4 is 5.73 Å². The highest BCUT2D eigenvalue weighted by Gasteiger charge is 2.55. The van der Waals surface area contributed by atoms with Crippen LogP contribution in [0.15, 0.2) is 11.7 Å². The number of carboxylic acid groups (broad SMARTS) is 3. The Morgan fingerprint density at radius 3 is 2.61 bits per heavy atom. The van der Waals surface area contributed by atoms with Crippen molar-refractivity contribution in [1.82, 2.24) is 24.5 Å². The Kier molecular flexibility index (Phi) is 6.52. The molecule has 1 aliphatic heterocycles. The lowest BCUT2D eigenvalue weighted by Crippen LogP contribution is -2.53. The van der Waals surface area contributed by atoms with Crippen LogP contribution in [-0.2, 0) is 31.3 Å². The number of alkyl halides is 1. The largest absolute Gasteiger partial charge is 0.479 e. The first-order valence-corrected chi connectivity index (χ1v) is 11.1. The molecule has 0 radical (unpaired) electrons. The number of imidazole rings is 1. The molecule has 4 rings (SSSR count). The number of anilines is 1. The van der Waals surface area contributed by atoms with Crippen LogP contribution >= 0.6 is 22.9 Å². The van der Waals surface area contributed by atoms with Gasteiger partial charge in [0.15, 0.2) is 11.5 Å². The molecule has 6 N–H and O–H groups in total. The Balaban J connectivity index is 1.57. The first-order valence-electron chi connectivity index (χ1n) is 9.82. The Labute approximate surface area is 207 Å². The molecule has 3 aromatic rings. The fraction of sp³-hybridized carbons (Fsp3) is 0.389. The van der Waals surface area contributed by atoms with Crippen molar-refractivity contribution < 1.29 is 48.7 Å². The number of aromatic nitrogens is 5. The van der Waals surface area contributed by atoms with Crippen LogP contribution in [0.25, 0.3) is 11.2 Å². The van der Waals surface area contributed by atoms with Crippen LogP contribution in [0.5, 0.6) is 0 Å².